The molecule has 1 rings (SSSR count). The lowest BCUT2D eigenvalue weighted by Gasteiger charge is -2.36. The van der Waals surface area contributed by atoms with Gasteiger partial charge < -0.3 is 10.0 Å². The van der Waals surface area contributed by atoms with Gasteiger partial charge in [-0.2, -0.15) is 0 Å². The Morgan fingerprint density at radius 1 is 1.24 bits per heavy atom. The zero-order chi connectivity index (χ0) is 12.9. The average Bonchev–Trinajstić information content (AvgIpc) is 2.28. The van der Waals surface area contributed by atoms with E-state index in [2.05, 4.69) is 0 Å². The van der Waals surface area contributed by atoms with Crippen LogP contribution in [0.15, 0.2) is 0 Å². The second-order valence-electron chi connectivity index (χ2n) is 5.24. The number of aliphatic carboxylic acids is 1. The molecule has 1 aliphatic carbocycles. The number of carboxylic acids is 1. The summed E-state index contributed by atoms with van der Waals surface area (Å²) in [5.74, 6) is -0.896. The molecule has 4 nitrogen and oxygen atoms in total. The molecule has 0 radical (unpaired) electrons. The predicted molar refractivity (Wildman–Crippen MR) is 65.7 cm³/mol. The molecule has 98 valence electrons. The highest BCUT2D eigenvalue weighted by Gasteiger charge is 2.37. The summed E-state index contributed by atoms with van der Waals surface area (Å²) >= 11 is 0. The maximum Gasteiger partial charge on any atom is 0.323 e. The normalized spacial score (nSPS) is 18.7. The van der Waals surface area contributed by atoms with Gasteiger partial charge in [0.1, 0.15) is 6.54 Å². The van der Waals surface area contributed by atoms with E-state index in [1.807, 2.05) is 13.8 Å². The number of hydrogen-bond acceptors (Lipinski definition) is 2. The first-order valence-electron chi connectivity index (χ1n) is 6.51. The monoisotopic (exact) mass is 241 g/mol. The molecule has 0 heterocycles. The highest BCUT2D eigenvalue weighted by molar-refractivity contribution is 5.85. The first-order valence-corrected chi connectivity index (χ1v) is 6.51. The Balaban J connectivity index is 2.71. The van der Waals surface area contributed by atoms with E-state index in [1.165, 1.54) is 11.3 Å². The smallest absolute Gasteiger partial charge is 0.323 e. The number of carbonyl (C=O) groups excluding carboxylic acids is 1. The van der Waals surface area contributed by atoms with Crippen molar-refractivity contribution in [2.45, 2.75) is 52.4 Å². The predicted octanol–water partition coefficient (Wildman–Crippen LogP) is 2.28. The van der Waals surface area contributed by atoms with Gasteiger partial charge in [-0.3, -0.25) is 9.59 Å². The van der Waals surface area contributed by atoms with Crippen LogP contribution in [0.5, 0.6) is 0 Å². The van der Waals surface area contributed by atoms with Crippen molar-refractivity contribution in [1.82, 2.24) is 4.90 Å². The molecule has 4 heteroatoms. The molecule has 1 fully saturated rings. The van der Waals surface area contributed by atoms with Crippen molar-refractivity contribution in [2.75, 3.05) is 13.1 Å². The Hall–Kier alpha value is -1.06. The lowest BCUT2D eigenvalue weighted by atomic mass is 9.74. The van der Waals surface area contributed by atoms with E-state index in [4.69, 9.17) is 5.11 Å². The largest absolute Gasteiger partial charge is 0.480 e. The Labute approximate surface area is 103 Å². The first-order chi connectivity index (χ1) is 7.99. The minimum absolute atomic E-state index is 0.0291. The van der Waals surface area contributed by atoms with Gasteiger partial charge in [0.2, 0.25) is 5.91 Å². The third-order valence-corrected chi connectivity index (χ3v) is 3.58. The van der Waals surface area contributed by atoms with E-state index in [0.717, 1.165) is 32.1 Å². The van der Waals surface area contributed by atoms with Gasteiger partial charge in [-0.1, -0.05) is 33.1 Å². The van der Waals surface area contributed by atoms with Gasteiger partial charge >= 0.3 is 5.97 Å². The third kappa shape index (κ3) is 3.72. The molecule has 0 aromatic heterocycles. The highest BCUT2D eigenvalue weighted by Crippen LogP contribution is 2.37. The zero-order valence-electron chi connectivity index (χ0n) is 10.9. The van der Waals surface area contributed by atoms with Crippen LogP contribution in [0, 0.1) is 5.41 Å². The van der Waals surface area contributed by atoms with Gasteiger partial charge in [0.05, 0.1) is 0 Å². The Morgan fingerprint density at radius 3 is 2.29 bits per heavy atom. The summed E-state index contributed by atoms with van der Waals surface area (Å²) in [6, 6.07) is 0. The van der Waals surface area contributed by atoms with Crippen molar-refractivity contribution in [3.63, 3.8) is 0 Å². The van der Waals surface area contributed by atoms with Crippen molar-refractivity contribution < 1.29 is 14.7 Å². The topological polar surface area (TPSA) is 57.6 Å². The number of carboxylic acid groups (broad SMARTS) is 1. The zero-order valence-corrected chi connectivity index (χ0v) is 10.9. The summed E-state index contributed by atoms with van der Waals surface area (Å²) in [5, 5.41) is 8.85. The van der Waals surface area contributed by atoms with Gasteiger partial charge in [0.25, 0.3) is 0 Å². The summed E-state index contributed by atoms with van der Waals surface area (Å²) < 4.78 is 0. The minimum atomic E-state index is -0.925. The van der Waals surface area contributed by atoms with Crippen LogP contribution in [0.1, 0.15) is 52.4 Å². The van der Waals surface area contributed by atoms with E-state index in [9.17, 15) is 9.59 Å². The van der Waals surface area contributed by atoms with Gasteiger partial charge in [0, 0.05) is 12.0 Å². The molecule has 0 bridgehead atoms. The van der Waals surface area contributed by atoms with Crippen LogP contribution < -0.4 is 0 Å². The molecule has 17 heavy (non-hydrogen) atoms. The number of carbonyl (C=O) groups is 2. The minimum Gasteiger partial charge on any atom is -0.480 e. The van der Waals surface area contributed by atoms with E-state index in [1.54, 1.807) is 0 Å². The molecule has 1 saturated carbocycles. The summed E-state index contributed by atoms with van der Waals surface area (Å²) in [4.78, 5) is 24.7. The fourth-order valence-electron chi connectivity index (χ4n) is 2.61. The molecule has 0 aromatic carbocycles. The molecule has 0 atom stereocenters. The first kappa shape index (κ1) is 14.0. The van der Waals surface area contributed by atoms with Crippen molar-refractivity contribution in [3.05, 3.63) is 0 Å². The molecule has 1 N–H and O–H groups in total. The molecule has 1 aliphatic rings. The quantitative estimate of drug-likeness (QED) is 0.803. The second-order valence-corrected chi connectivity index (χ2v) is 5.24. The van der Waals surface area contributed by atoms with Crippen LogP contribution in [-0.2, 0) is 9.59 Å². The standard InChI is InChI=1S/C13H23NO3/c1-3-9-14(10-11(15)16)12(17)13(2)7-5-4-6-8-13/h3-10H2,1-2H3,(H,15,16). The molecule has 0 saturated heterocycles. The van der Waals surface area contributed by atoms with Crippen molar-refractivity contribution in [3.8, 4) is 0 Å². The van der Waals surface area contributed by atoms with Crippen molar-refractivity contribution in [1.29, 1.82) is 0 Å². The summed E-state index contributed by atoms with van der Waals surface area (Å²) in [5.41, 5.74) is -0.330. The van der Waals surface area contributed by atoms with Crippen LogP contribution >= 0.6 is 0 Å². The lowest BCUT2D eigenvalue weighted by molar-refractivity contribution is -0.150. The lowest BCUT2D eigenvalue weighted by Crippen LogP contribution is -2.45. The fraction of sp³-hybridized carbons (Fsp3) is 0.846. The van der Waals surface area contributed by atoms with E-state index in [-0.39, 0.29) is 17.9 Å². The maximum atomic E-state index is 12.4. The van der Waals surface area contributed by atoms with Crippen LogP contribution in [0.2, 0.25) is 0 Å². The van der Waals surface area contributed by atoms with Crippen LogP contribution in [0.3, 0.4) is 0 Å². The van der Waals surface area contributed by atoms with Gasteiger partial charge in [-0.05, 0) is 19.3 Å². The summed E-state index contributed by atoms with van der Waals surface area (Å²) in [6.45, 7) is 4.33. The number of rotatable bonds is 5. The Bertz CT molecular complexity index is 282. The van der Waals surface area contributed by atoms with Gasteiger partial charge in [0.15, 0.2) is 0 Å². The van der Waals surface area contributed by atoms with Gasteiger partial charge in [-0.25, -0.2) is 0 Å². The molecule has 0 aromatic rings. The van der Waals surface area contributed by atoms with E-state index < -0.39 is 5.97 Å². The van der Waals surface area contributed by atoms with Gasteiger partial charge in [-0.15, -0.1) is 0 Å². The molecule has 1 amide bonds. The number of nitrogens with zero attached hydrogens (tertiary/aromatic N) is 1. The SMILES string of the molecule is CCCN(CC(=O)O)C(=O)C1(C)CCCCC1. The molecular weight excluding hydrogens is 218 g/mol. The van der Waals surface area contributed by atoms with Crippen LogP contribution in [0.4, 0.5) is 0 Å². The highest BCUT2D eigenvalue weighted by atomic mass is 16.4. The number of hydrogen-bond donors (Lipinski definition) is 1. The average molecular weight is 241 g/mol. The van der Waals surface area contributed by atoms with Crippen LogP contribution in [-0.4, -0.2) is 35.0 Å². The van der Waals surface area contributed by atoms with E-state index in [0.29, 0.717) is 6.54 Å². The number of amides is 1. The van der Waals surface area contributed by atoms with Crippen molar-refractivity contribution in [2.24, 2.45) is 5.41 Å². The molecular formula is C13H23NO3. The molecule has 0 aliphatic heterocycles. The Kier molecular flexibility index (Phi) is 4.97. The summed E-state index contributed by atoms with van der Waals surface area (Å²) in [6.07, 6.45) is 5.94. The molecule has 0 unspecified atom stereocenters. The van der Waals surface area contributed by atoms with E-state index >= 15 is 0 Å². The fourth-order valence-corrected chi connectivity index (χ4v) is 2.61. The summed E-state index contributed by atoms with van der Waals surface area (Å²) in [7, 11) is 0. The third-order valence-electron chi connectivity index (χ3n) is 3.58. The Morgan fingerprint density at radius 2 is 1.82 bits per heavy atom. The molecule has 0 spiro atoms. The maximum absolute atomic E-state index is 12.4. The van der Waals surface area contributed by atoms with Crippen molar-refractivity contribution >= 4 is 11.9 Å². The van der Waals surface area contributed by atoms with Crippen LogP contribution in [0.25, 0.3) is 0 Å². The second kappa shape index (κ2) is 6.03.